The van der Waals surface area contributed by atoms with Crippen molar-refractivity contribution >= 4 is 6.09 Å². The van der Waals surface area contributed by atoms with E-state index in [2.05, 4.69) is 19.2 Å². The number of rotatable bonds is 4. The molecule has 0 spiro atoms. The molecule has 1 fully saturated rings. The van der Waals surface area contributed by atoms with Gasteiger partial charge in [0.1, 0.15) is 0 Å². The number of nitrogens with one attached hydrogen (secondary N) is 1. The van der Waals surface area contributed by atoms with Gasteiger partial charge < -0.3 is 15.3 Å². The molecule has 0 saturated carbocycles. The summed E-state index contributed by atoms with van der Waals surface area (Å²) >= 11 is 0. The second kappa shape index (κ2) is 5.95. The summed E-state index contributed by atoms with van der Waals surface area (Å²) in [7, 11) is 0. The van der Waals surface area contributed by atoms with Crippen LogP contribution in [0.5, 0.6) is 0 Å². The smallest absolute Gasteiger partial charge is 0.407 e. The van der Waals surface area contributed by atoms with Crippen molar-refractivity contribution in [1.82, 2.24) is 10.2 Å². The molecule has 4 heteroatoms. The highest BCUT2D eigenvalue weighted by atomic mass is 16.4. The van der Waals surface area contributed by atoms with Crippen LogP contribution in [0, 0.1) is 0 Å². The highest BCUT2D eigenvalue weighted by molar-refractivity contribution is 5.65. The molecule has 1 atom stereocenters. The average Bonchev–Trinajstić information content (AvgIpc) is 2.26. The van der Waals surface area contributed by atoms with Crippen molar-refractivity contribution in [2.45, 2.75) is 51.6 Å². The largest absolute Gasteiger partial charge is 0.465 e. The summed E-state index contributed by atoms with van der Waals surface area (Å²) in [6.07, 6.45) is 3.51. The van der Waals surface area contributed by atoms with Crippen LogP contribution < -0.4 is 5.32 Å². The highest BCUT2D eigenvalue weighted by Crippen LogP contribution is 2.12. The van der Waals surface area contributed by atoms with Crippen molar-refractivity contribution in [2.24, 2.45) is 0 Å². The number of hydrogen-bond acceptors (Lipinski definition) is 2. The molecule has 1 aliphatic heterocycles. The van der Waals surface area contributed by atoms with Gasteiger partial charge in [-0.25, -0.2) is 4.79 Å². The average molecular weight is 214 g/mol. The second-order valence-electron chi connectivity index (χ2n) is 4.25. The highest BCUT2D eigenvalue weighted by Gasteiger charge is 2.23. The number of nitrogens with zero attached hydrogens (tertiary/aromatic N) is 1. The van der Waals surface area contributed by atoms with E-state index in [1.807, 2.05) is 0 Å². The van der Waals surface area contributed by atoms with E-state index < -0.39 is 6.09 Å². The minimum Gasteiger partial charge on any atom is -0.465 e. The van der Waals surface area contributed by atoms with E-state index in [0.717, 1.165) is 25.7 Å². The SMILES string of the molecule is CCC(CC)NC1CCCN(C(=O)O)C1. The first-order valence-corrected chi connectivity index (χ1v) is 5.91. The molecule has 1 saturated heterocycles. The Balaban J connectivity index is 2.38. The molecule has 0 bridgehead atoms. The van der Waals surface area contributed by atoms with Crippen LogP contribution in [0.25, 0.3) is 0 Å². The summed E-state index contributed by atoms with van der Waals surface area (Å²) in [5.41, 5.74) is 0. The third kappa shape index (κ3) is 3.70. The third-order valence-corrected chi connectivity index (χ3v) is 3.15. The van der Waals surface area contributed by atoms with E-state index in [9.17, 15) is 4.79 Å². The van der Waals surface area contributed by atoms with Crippen LogP contribution in [0.3, 0.4) is 0 Å². The molecule has 1 amide bonds. The van der Waals surface area contributed by atoms with Crippen LogP contribution in [0.2, 0.25) is 0 Å². The fraction of sp³-hybridized carbons (Fsp3) is 0.909. The van der Waals surface area contributed by atoms with Gasteiger partial charge in [-0.1, -0.05) is 13.8 Å². The fourth-order valence-corrected chi connectivity index (χ4v) is 2.14. The summed E-state index contributed by atoms with van der Waals surface area (Å²) in [4.78, 5) is 12.3. The zero-order chi connectivity index (χ0) is 11.3. The zero-order valence-electron chi connectivity index (χ0n) is 9.70. The molecular formula is C11H22N2O2. The molecule has 0 aliphatic carbocycles. The van der Waals surface area contributed by atoms with E-state index >= 15 is 0 Å². The predicted octanol–water partition coefficient (Wildman–Crippen LogP) is 1.91. The minimum absolute atomic E-state index is 0.347. The van der Waals surface area contributed by atoms with Gasteiger partial charge in [0.15, 0.2) is 0 Å². The minimum atomic E-state index is -0.786. The van der Waals surface area contributed by atoms with Crippen molar-refractivity contribution < 1.29 is 9.90 Å². The van der Waals surface area contributed by atoms with Gasteiger partial charge in [-0.15, -0.1) is 0 Å². The molecule has 0 aromatic carbocycles. The van der Waals surface area contributed by atoms with Crippen molar-refractivity contribution in [3.8, 4) is 0 Å². The number of carboxylic acid groups (broad SMARTS) is 1. The van der Waals surface area contributed by atoms with Crippen LogP contribution in [-0.2, 0) is 0 Å². The third-order valence-electron chi connectivity index (χ3n) is 3.15. The predicted molar refractivity (Wildman–Crippen MR) is 60.1 cm³/mol. The Bertz CT molecular complexity index is 205. The molecule has 15 heavy (non-hydrogen) atoms. The van der Waals surface area contributed by atoms with Gasteiger partial charge in [0.05, 0.1) is 0 Å². The van der Waals surface area contributed by atoms with E-state index in [1.54, 1.807) is 0 Å². The first-order valence-electron chi connectivity index (χ1n) is 5.91. The van der Waals surface area contributed by atoms with Crippen molar-refractivity contribution in [1.29, 1.82) is 0 Å². The van der Waals surface area contributed by atoms with Gasteiger partial charge in [-0.05, 0) is 25.7 Å². The molecule has 88 valence electrons. The van der Waals surface area contributed by atoms with Gasteiger partial charge in [0, 0.05) is 25.2 Å². The standard InChI is InChI=1S/C11H22N2O2/c1-3-9(4-2)12-10-6-5-7-13(8-10)11(14)15/h9-10,12H,3-8H2,1-2H3,(H,14,15). The summed E-state index contributed by atoms with van der Waals surface area (Å²) < 4.78 is 0. The molecule has 0 aromatic heterocycles. The van der Waals surface area contributed by atoms with Gasteiger partial charge in [0.2, 0.25) is 0 Å². The molecule has 1 rings (SSSR count). The van der Waals surface area contributed by atoms with E-state index in [0.29, 0.717) is 25.2 Å². The Morgan fingerprint density at radius 3 is 2.73 bits per heavy atom. The molecule has 0 aromatic rings. The lowest BCUT2D eigenvalue weighted by molar-refractivity contribution is 0.124. The normalized spacial score (nSPS) is 22.1. The Morgan fingerprint density at radius 1 is 1.53 bits per heavy atom. The number of likely N-dealkylation sites (tertiary alicyclic amines) is 1. The Hall–Kier alpha value is -0.770. The van der Waals surface area contributed by atoms with Crippen LogP contribution in [-0.4, -0.2) is 41.3 Å². The first-order chi connectivity index (χ1) is 7.17. The van der Waals surface area contributed by atoms with Crippen LogP contribution in [0.15, 0.2) is 0 Å². The molecular weight excluding hydrogens is 192 g/mol. The summed E-state index contributed by atoms with van der Waals surface area (Å²) in [5, 5.41) is 12.4. The summed E-state index contributed by atoms with van der Waals surface area (Å²) in [5.74, 6) is 0. The lowest BCUT2D eigenvalue weighted by Gasteiger charge is -2.33. The monoisotopic (exact) mass is 214 g/mol. The van der Waals surface area contributed by atoms with Gasteiger partial charge in [-0.3, -0.25) is 0 Å². The van der Waals surface area contributed by atoms with Gasteiger partial charge in [0.25, 0.3) is 0 Å². The first kappa shape index (κ1) is 12.3. The number of carbonyl (C=O) groups is 1. The number of amides is 1. The van der Waals surface area contributed by atoms with Crippen molar-refractivity contribution in [3.63, 3.8) is 0 Å². The maximum absolute atomic E-state index is 10.8. The Kier molecular flexibility index (Phi) is 4.88. The quantitative estimate of drug-likeness (QED) is 0.751. The molecule has 4 nitrogen and oxygen atoms in total. The fourth-order valence-electron chi connectivity index (χ4n) is 2.14. The molecule has 1 aliphatic rings. The number of hydrogen-bond donors (Lipinski definition) is 2. The van der Waals surface area contributed by atoms with Gasteiger partial charge >= 0.3 is 6.09 Å². The zero-order valence-corrected chi connectivity index (χ0v) is 9.70. The van der Waals surface area contributed by atoms with E-state index in [1.165, 1.54) is 4.90 Å². The number of piperidine rings is 1. The molecule has 2 N–H and O–H groups in total. The Morgan fingerprint density at radius 2 is 2.20 bits per heavy atom. The molecule has 1 heterocycles. The summed E-state index contributed by atoms with van der Waals surface area (Å²) in [6.45, 7) is 5.67. The second-order valence-corrected chi connectivity index (χ2v) is 4.25. The van der Waals surface area contributed by atoms with Crippen LogP contribution in [0.4, 0.5) is 4.79 Å². The van der Waals surface area contributed by atoms with Crippen LogP contribution in [0.1, 0.15) is 39.5 Å². The lowest BCUT2D eigenvalue weighted by Crippen LogP contribution is -2.50. The summed E-state index contributed by atoms with van der Waals surface area (Å²) in [6, 6.07) is 0.878. The van der Waals surface area contributed by atoms with Crippen molar-refractivity contribution in [2.75, 3.05) is 13.1 Å². The van der Waals surface area contributed by atoms with Crippen LogP contribution >= 0.6 is 0 Å². The van der Waals surface area contributed by atoms with Gasteiger partial charge in [-0.2, -0.15) is 0 Å². The molecule has 1 unspecified atom stereocenters. The van der Waals surface area contributed by atoms with E-state index in [-0.39, 0.29) is 0 Å². The van der Waals surface area contributed by atoms with Crippen molar-refractivity contribution in [3.05, 3.63) is 0 Å². The topological polar surface area (TPSA) is 52.6 Å². The molecule has 0 radical (unpaired) electrons. The Labute approximate surface area is 91.6 Å². The maximum atomic E-state index is 10.8. The maximum Gasteiger partial charge on any atom is 0.407 e. The lowest BCUT2D eigenvalue weighted by atomic mass is 10.0. The van der Waals surface area contributed by atoms with E-state index in [4.69, 9.17) is 5.11 Å².